The molecule has 3 rings (SSSR count). The zero-order chi connectivity index (χ0) is 15.5. The van der Waals surface area contributed by atoms with Gasteiger partial charge in [0.2, 0.25) is 0 Å². The van der Waals surface area contributed by atoms with Gasteiger partial charge in [0, 0.05) is 17.4 Å². The number of fused-ring (bicyclic) bond motifs is 1. The molecule has 2 aromatic carbocycles. The summed E-state index contributed by atoms with van der Waals surface area (Å²) >= 11 is 7.34. The highest BCUT2D eigenvalue weighted by Crippen LogP contribution is 2.30. The second-order valence-corrected chi connectivity index (χ2v) is 6.22. The highest BCUT2D eigenvalue weighted by Gasteiger charge is 2.09. The van der Waals surface area contributed by atoms with Crippen LogP contribution in [-0.2, 0) is 4.79 Å². The molecule has 1 heterocycles. The van der Waals surface area contributed by atoms with Crippen LogP contribution in [0.3, 0.4) is 0 Å². The van der Waals surface area contributed by atoms with Gasteiger partial charge in [-0.1, -0.05) is 35.9 Å². The highest BCUT2D eigenvalue weighted by atomic mass is 35.5. The Kier molecular flexibility index (Phi) is 4.22. The Balaban J connectivity index is 2.05. The number of carbonyl (C=O) groups is 1. The van der Waals surface area contributed by atoms with Gasteiger partial charge in [-0.3, -0.25) is 0 Å². The molecule has 0 unspecified atom stereocenters. The van der Waals surface area contributed by atoms with Gasteiger partial charge in [-0.2, -0.15) is 0 Å². The van der Waals surface area contributed by atoms with Crippen LogP contribution in [0.15, 0.2) is 48.5 Å². The molecule has 0 aliphatic carbocycles. The first-order valence-electron chi connectivity index (χ1n) is 6.64. The van der Waals surface area contributed by atoms with E-state index in [9.17, 15) is 9.90 Å². The van der Waals surface area contributed by atoms with Crippen LogP contribution in [0, 0.1) is 0 Å². The second-order valence-electron chi connectivity index (χ2n) is 4.76. The first-order chi connectivity index (χ1) is 10.6. The van der Waals surface area contributed by atoms with E-state index >= 15 is 0 Å². The molecule has 0 spiro atoms. The average molecular weight is 329 g/mol. The number of thiazole rings is 1. The Labute approximate surface area is 136 Å². The van der Waals surface area contributed by atoms with E-state index in [4.69, 9.17) is 11.6 Å². The summed E-state index contributed by atoms with van der Waals surface area (Å²) in [7, 11) is 0. The van der Waals surface area contributed by atoms with Gasteiger partial charge < -0.3 is 9.90 Å². The van der Waals surface area contributed by atoms with E-state index in [2.05, 4.69) is 4.98 Å². The van der Waals surface area contributed by atoms with Gasteiger partial charge in [-0.25, -0.2) is 4.98 Å². The summed E-state index contributed by atoms with van der Waals surface area (Å²) in [6, 6.07) is 14.9. The molecular weight excluding hydrogens is 318 g/mol. The van der Waals surface area contributed by atoms with E-state index in [0.717, 1.165) is 15.8 Å². The third-order valence-corrected chi connectivity index (χ3v) is 4.48. The summed E-state index contributed by atoms with van der Waals surface area (Å²) in [5.41, 5.74) is 2.37. The smallest absolute Gasteiger partial charge is 0.120 e. The molecule has 0 fully saturated rings. The van der Waals surface area contributed by atoms with Crippen molar-refractivity contribution in [3.8, 4) is 0 Å². The fourth-order valence-electron chi connectivity index (χ4n) is 2.11. The van der Waals surface area contributed by atoms with Gasteiger partial charge in [-0.05, 0) is 41.5 Å². The number of aromatic nitrogens is 1. The van der Waals surface area contributed by atoms with Crippen LogP contribution >= 0.6 is 22.9 Å². The zero-order valence-electron chi connectivity index (χ0n) is 11.5. The van der Waals surface area contributed by atoms with Crippen molar-refractivity contribution in [3.63, 3.8) is 0 Å². The predicted octanol–water partition coefficient (Wildman–Crippen LogP) is 3.63. The maximum Gasteiger partial charge on any atom is 0.120 e. The van der Waals surface area contributed by atoms with Crippen molar-refractivity contribution in [2.75, 3.05) is 0 Å². The van der Waals surface area contributed by atoms with E-state index in [0.29, 0.717) is 15.6 Å². The Morgan fingerprint density at radius 2 is 1.91 bits per heavy atom. The number of hydrogen-bond donors (Lipinski definition) is 0. The van der Waals surface area contributed by atoms with Crippen LogP contribution in [0.25, 0.3) is 21.9 Å². The van der Waals surface area contributed by atoms with E-state index in [1.54, 1.807) is 12.1 Å². The normalized spacial score (nSPS) is 11.8. The van der Waals surface area contributed by atoms with E-state index in [1.165, 1.54) is 11.3 Å². The summed E-state index contributed by atoms with van der Waals surface area (Å²) in [4.78, 5) is 15.6. The van der Waals surface area contributed by atoms with Gasteiger partial charge in [0.25, 0.3) is 0 Å². The lowest BCUT2D eigenvalue weighted by molar-refractivity contribution is -0.304. The van der Waals surface area contributed by atoms with Gasteiger partial charge in [0.05, 0.1) is 10.2 Å². The molecule has 0 amide bonds. The number of carbonyl (C=O) groups excluding carboxylic acids is 1. The molecule has 3 aromatic rings. The van der Waals surface area contributed by atoms with Crippen LogP contribution in [-0.4, -0.2) is 11.0 Å². The van der Waals surface area contributed by atoms with Gasteiger partial charge in [-0.15, -0.1) is 11.3 Å². The quantitative estimate of drug-likeness (QED) is 0.735. The van der Waals surface area contributed by atoms with Gasteiger partial charge in [0.1, 0.15) is 5.01 Å². The van der Waals surface area contributed by atoms with E-state index in [1.807, 2.05) is 42.5 Å². The fraction of sp³-hybridized carbons (Fsp3) is 0.0588. The molecule has 1 aromatic heterocycles. The topological polar surface area (TPSA) is 53.0 Å². The lowest BCUT2D eigenvalue weighted by Crippen LogP contribution is -2.22. The fourth-order valence-corrected chi connectivity index (χ4v) is 3.22. The minimum absolute atomic E-state index is 0.178. The molecule has 0 atom stereocenters. The number of halogens is 1. The van der Waals surface area contributed by atoms with E-state index < -0.39 is 5.97 Å². The van der Waals surface area contributed by atoms with Crippen LogP contribution in [0.4, 0.5) is 0 Å². The lowest BCUT2D eigenvalue weighted by Gasteiger charge is -2.05. The van der Waals surface area contributed by atoms with Crippen molar-refractivity contribution in [1.29, 1.82) is 0 Å². The summed E-state index contributed by atoms with van der Waals surface area (Å²) in [6.45, 7) is 0. The van der Waals surface area contributed by atoms with Crippen molar-refractivity contribution in [1.82, 2.24) is 4.98 Å². The van der Waals surface area contributed by atoms with Crippen LogP contribution in [0.5, 0.6) is 0 Å². The Bertz CT molecular complexity index is 819. The number of nitrogens with zero attached hydrogens (tertiary/aromatic N) is 1. The average Bonchev–Trinajstić information content (AvgIpc) is 2.92. The second kappa shape index (κ2) is 6.30. The molecule has 22 heavy (non-hydrogen) atoms. The zero-order valence-corrected chi connectivity index (χ0v) is 13.0. The molecule has 0 bridgehead atoms. The monoisotopic (exact) mass is 328 g/mol. The molecule has 5 heteroatoms. The summed E-state index contributed by atoms with van der Waals surface area (Å²) in [5.74, 6) is -1.13. The van der Waals surface area contributed by atoms with Crippen LogP contribution in [0.1, 0.15) is 17.0 Å². The number of benzene rings is 2. The Morgan fingerprint density at radius 3 is 2.59 bits per heavy atom. The number of para-hydroxylation sites is 1. The molecule has 0 aliphatic heterocycles. The van der Waals surface area contributed by atoms with Crippen molar-refractivity contribution in [2.45, 2.75) is 6.42 Å². The van der Waals surface area contributed by atoms with Crippen molar-refractivity contribution >= 4 is 50.8 Å². The highest BCUT2D eigenvalue weighted by molar-refractivity contribution is 7.19. The lowest BCUT2D eigenvalue weighted by atomic mass is 10.1. The Hall–Kier alpha value is -2.17. The molecule has 3 nitrogen and oxygen atoms in total. The maximum atomic E-state index is 11.0. The number of rotatable bonds is 4. The predicted molar refractivity (Wildman–Crippen MR) is 88.6 cm³/mol. The van der Waals surface area contributed by atoms with Gasteiger partial charge >= 0.3 is 0 Å². The molecule has 110 valence electrons. The Morgan fingerprint density at radius 1 is 1.18 bits per heavy atom. The molecule has 0 aliphatic rings. The SMILES string of the molecule is O=C([O-])C/C(=C/c1ccc(Cl)cc1)c1nc2ccccc2s1. The van der Waals surface area contributed by atoms with Crippen LogP contribution in [0.2, 0.25) is 5.02 Å². The molecule has 0 N–H and O–H groups in total. The number of aliphatic carboxylic acids is 1. The third-order valence-electron chi connectivity index (χ3n) is 3.11. The summed E-state index contributed by atoms with van der Waals surface area (Å²) in [6.07, 6.45) is 1.63. The molecular formula is C17H11ClNO2S-. The number of carboxylic acid groups (broad SMARTS) is 1. The standard InChI is InChI=1S/C17H12ClNO2S/c18-13-7-5-11(6-8-13)9-12(10-16(20)21)17-19-14-3-1-2-4-15(14)22-17/h1-9H,10H2,(H,20,21)/p-1/b12-9-. The number of hydrogen-bond acceptors (Lipinski definition) is 4. The van der Waals surface area contributed by atoms with Gasteiger partial charge in [0.15, 0.2) is 0 Å². The largest absolute Gasteiger partial charge is 0.550 e. The number of carboxylic acids is 1. The van der Waals surface area contributed by atoms with Crippen molar-refractivity contribution in [3.05, 3.63) is 64.1 Å². The third kappa shape index (κ3) is 3.35. The van der Waals surface area contributed by atoms with Crippen molar-refractivity contribution < 1.29 is 9.90 Å². The first kappa shape index (κ1) is 14.8. The molecule has 0 saturated heterocycles. The summed E-state index contributed by atoms with van der Waals surface area (Å²) in [5, 5.41) is 12.4. The first-order valence-corrected chi connectivity index (χ1v) is 7.83. The minimum Gasteiger partial charge on any atom is -0.550 e. The minimum atomic E-state index is -1.13. The summed E-state index contributed by atoms with van der Waals surface area (Å²) < 4.78 is 1.03. The molecule has 0 saturated carbocycles. The van der Waals surface area contributed by atoms with Crippen molar-refractivity contribution in [2.24, 2.45) is 0 Å². The molecule has 0 radical (unpaired) electrons. The maximum absolute atomic E-state index is 11.0. The van der Waals surface area contributed by atoms with Crippen LogP contribution < -0.4 is 5.11 Å². The van der Waals surface area contributed by atoms with E-state index in [-0.39, 0.29) is 6.42 Å².